The van der Waals surface area contributed by atoms with Crippen LogP contribution in [-0.4, -0.2) is 35.3 Å². The molecule has 0 radical (unpaired) electrons. The predicted molar refractivity (Wildman–Crippen MR) is 171 cm³/mol. The molecule has 3 amide bonds. The first kappa shape index (κ1) is 35.0. The van der Waals surface area contributed by atoms with Crippen LogP contribution in [0.1, 0.15) is 121 Å². The number of carbonyl (C=O) groups excluding carboxylic acids is 3. The number of hydrogen-bond acceptors (Lipinski definition) is 4. The first-order valence-electron chi connectivity index (χ1n) is 16.3. The summed E-state index contributed by atoms with van der Waals surface area (Å²) in [4.78, 5) is 41.5. The maximum atomic E-state index is 13.0. The van der Waals surface area contributed by atoms with Crippen molar-refractivity contribution in [2.75, 3.05) is 6.54 Å². The number of nitrogens with zero attached hydrogens (tertiary/aromatic N) is 1. The van der Waals surface area contributed by atoms with Gasteiger partial charge in [-0.15, -0.1) is 0 Å². The van der Waals surface area contributed by atoms with Crippen LogP contribution >= 0.6 is 0 Å². The van der Waals surface area contributed by atoms with Gasteiger partial charge in [-0.2, -0.15) is 0 Å². The van der Waals surface area contributed by atoms with E-state index in [-0.39, 0.29) is 17.7 Å². The van der Waals surface area contributed by atoms with Crippen LogP contribution in [0.5, 0.6) is 0 Å². The first-order valence-corrected chi connectivity index (χ1v) is 16.3. The van der Waals surface area contributed by atoms with E-state index in [0.717, 1.165) is 62.5 Å². The predicted octanol–water partition coefficient (Wildman–Crippen LogP) is 6.80. The Bertz CT molecular complexity index is 984. The molecular formula is C35H54N4O3. The molecule has 0 aliphatic rings. The summed E-state index contributed by atoms with van der Waals surface area (Å²) in [6, 6.07) is 13.2. The molecular weight excluding hydrogens is 524 g/mol. The van der Waals surface area contributed by atoms with E-state index < -0.39 is 6.04 Å². The Morgan fingerprint density at radius 2 is 1.21 bits per heavy atom. The average Bonchev–Trinajstić information content (AvgIpc) is 3.01. The number of carbonyl (C=O) groups is 3. The summed E-state index contributed by atoms with van der Waals surface area (Å²) < 4.78 is 0. The summed E-state index contributed by atoms with van der Waals surface area (Å²) >= 11 is 0. The largest absolute Gasteiger partial charge is 0.354 e. The molecule has 2 aromatic rings. The minimum absolute atomic E-state index is 0.0350. The third kappa shape index (κ3) is 17.6. The third-order valence-electron chi connectivity index (χ3n) is 7.56. The molecule has 0 unspecified atom stereocenters. The van der Waals surface area contributed by atoms with Crippen molar-refractivity contribution in [2.24, 2.45) is 0 Å². The van der Waals surface area contributed by atoms with Crippen molar-refractivity contribution in [1.29, 1.82) is 0 Å². The lowest BCUT2D eigenvalue weighted by Gasteiger charge is -2.19. The summed E-state index contributed by atoms with van der Waals surface area (Å²) in [5.41, 5.74) is 2.11. The minimum atomic E-state index is -0.544. The quantitative estimate of drug-likeness (QED) is 0.119. The van der Waals surface area contributed by atoms with Gasteiger partial charge in [-0.1, -0.05) is 108 Å². The maximum Gasteiger partial charge on any atom is 0.242 e. The van der Waals surface area contributed by atoms with Crippen LogP contribution in [0.4, 0.5) is 0 Å². The summed E-state index contributed by atoms with van der Waals surface area (Å²) in [6.07, 6.45) is 20.5. The van der Waals surface area contributed by atoms with Crippen LogP contribution in [0, 0.1) is 0 Å². The van der Waals surface area contributed by atoms with Gasteiger partial charge in [0.15, 0.2) is 0 Å². The number of pyridine rings is 1. The van der Waals surface area contributed by atoms with Gasteiger partial charge in [-0.05, 0) is 42.5 Å². The Balaban J connectivity index is 1.53. The lowest BCUT2D eigenvalue weighted by atomic mass is 10.0. The highest BCUT2D eigenvalue weighted by Crippen LogP contribution is 2.11. The molecule has 1 aromatic heterocycles. The van der Waals surface area contributed by atoms with Gasteiger partial charge < -0.3 is 16.0 Å². The number of unbranched alkanes of at least 4 members (excludes halogenated alkanes) is 12. The zero-order chi connectivity index (χ0) is 30.1. The van der Waals surface area contributed by atoms with Crippen LogP contribution in [0.25, 0.3) is 0 Å². The molecule has 1 aromatic carbocycles. The Labute approximate surface area is 254 Å². The van der Waals surface area contributed by atoms with Crippen molar-refractivity contribution >= 4 is 17.7 Å². The van der Waals surface area contributed by atoms with Gasteiger partial charge in [0, 0.05) is 44.7 Å². The van der Waals surface area contributed by atoms with E-state index in [9.17, 15) is 14.4 Å². The highest BCUT2D eigenvalue weighted by molar-refractivity contribution is 5.87. The lowest BCUT2D eigenvalue weighted by Crippen LogP contribution is -2.48. The van der Waals surface area contributed by atoms with Gasteiger partial charge in [0.1, 0.15) is 6.04 Å². The molecule has 7 heteroatoms. The molecule has 0 bridgehead atoms. The van der Waals surface area contributed by atoms with E-state index >= 15 is 0 Å². The Hall–Kier alpha value is -3.22. The summed E-state index contributed by atoms with van der Waals surface area (Å²) in [5.74, 6) is -0.0237. The van der Waals surface area contributed by atoms with E-state index in [1.54, 1.807) is 12.4 Å². The van der Waals surface area contributed by atoms with Crippen LogP contribution < -0.4 is 16.0 Å². The summed E-state index contributed by atoms with van der Waals surface area (Å²) in [5, 5.41) is 9.01. The van der Waals surface area contributed by atoms with Crippen molar-refractivity contribution < 1.29 is 14.4 Å². The second-order valence-electron chi connectivity index (χ2n) is 11.3. The molecule has 232 valence electrons. The van der Waals surface area contributed by atoms with Crippen molar-refractivity contribution in [2.45, 2.75) is 129 Å². The molecule has 0 saturated heterocycles. The van der Waals surface area contributed by atoms with E-state index in [1.165, 1.54) is 38.5 Å². The van der Waals surface area contributed by atoms with Crippen molar-refractivity contribution in [3.05, 3.63) is 66.0 Å². The molecule has 2 rings (SSSR count). The van der Waals surface area contributed by atoms with Crippen molar-refractivity contribution in [1.82, 2.24) is 20.9 Å². The smallest absolute Gasteiger partial charge is 0.242 e. The highest BCUT2D eigenvalue weighted by atomic mass is 16.2. The topological polar surface area (TPSA) is 100 Å². The number of nitrogens with one attached hydrogen (secondary N) is 3. The first-order chi connectivity index (χ1) is 20.6. The third-order valence-corrected chi connectivity index (χ3v) is 7.56. The zero-order valence-corrected chi connectivity index (χ0v) is 25.9. The summed E-state index contributed by atoms with van der Waals surface area (Å²) in [7, 11) is 0. The Morgan fingerprint density at radius 1 is 0.643 bits per heavy atom. The minimum Gasteiger partial charge on any atom is -0.354 e. The maximum absolute atomic E-state index is 13.0. The Morgan fingerprint density at radius 3 is 1.86 bits per heavy atom. The van der Waals surface area contributed by atoms with Gasteiger partial charge in [0.25, 0.3) is 0 Å². The van der Waals surface area contributed by atoms with Gasteiger partial charge in [0.2, 0.25) is 17.7 Å². The molecule has 1 heterocycles. The van der Waals surface area contributed by atoms with Crippen LogP contribution in [0.15, 0.2) is 54.9 Å². The fourth-order valence-electron chi connectivity index (χ4n) is 4.99. The number of hydrogen-bond donors (Lipinski definition) is 3. The highest BCUT2D eigenvalue weighted by Gasteiger charge is 2.20. The number of amides is 3. The Kier molecular flexibility index (Phi) is 19.4. The monoisotopic (exact) mass is 578 g/mol. The molecule has 0 aliphatic carbocycles. The van der Waals surface area contributed by atoms with Crippen molar-refractivity contribution in [3.63, 3.8) is 0 Å². The molecule has 7 nitrogen and oxygen atoms in total. The van der Waals surface area contributed by atoms with Gasteiger partial charge in [0.05, 0.1) is 0 Å². The van der Waals surface area contributed by atoms with Crippen molar-refractivity contribution in [3.8, 4) is 0 Å². The van der Waals surface area contributed by atoms with E-state index in [4.69, 9.17) is 0 Å². The fraction of sp³-hybridized carbons (Fsp3) is 0.600. The molecule has 1 atom stereocenters. The van der Waals surface area contributed by atoms with Gasteiger partial charge in [-0.25, -0.2) is 0 Å². The normalized spacial score (nSPS) is 11.5. The zero-order valence-electron chi connectivity index (χ0n) is 25.9. The number of benzene rings is 1. The van der Waals surface area contributed by atoms with Crippen LogP contribution in [0.2, 0.25) is 0 Å². The molecule has 42 heavy (non-hydrogen) atoms. The van der Waals surface area contributed by atoms with E-state index in [0.29, 0.717) is 32.4 Å². The molecule has 0 saturated carbocycles. The number of aromatic nitrogens is 1. The van der Waals surface area contributed by atoms with Gasteiger partial charge >= 0.3 is 0 Å². The molecule has 0 fully saturated rings. The molecule has 3 N–H and O–H groups in total. The van der Waals surface area contributed by atoms with E-state index in [1.807, 2.05) is 42.5 Å². The lowest BCUT2D eigenvalue weighted by molar-refractivity contribution is -0.129. The summed E-state index contributed by atoms with van der Waals surface area (Å²) in [6.45, 7) is 3.39. The van der Waals surface area contributed by atoms with Crippen LogP contribution in [-0.2, 0) is 27.3 Å². The van der Waals surface area contributed by atoms with Gasteiger partial charge in [-0.3, -0.25) is 19.4 Å². The average molecular weight is 579 g/mol. The second-order valence-corrected chi connectivity index (χ2v) is 11.3. The SMILES string of the molecule is CCCCCCCCC(=O)N[C@@H](Cc1ccccc1)C(=O)NCCCCCCCCCCC(=O)NCc1ccncc1. The fourth-order valence-corrected chi connectivity index (χ4v) is 4.99. The number of rotatable bonds is 24. The van der Waals surface area contributed by atoms with Crippen LogP contribution in [0.3, 0.4) is 0 Å². The molecule has 0 spiro atoms. The molecule has 0 aliphatic heterocycles. The standard InChI is InChI=1S/C35H54N4O3/c1-2-3-4-5-10-17-22-34(41)39-32(28-30-19-14-13-15-20-30)35(42)37-25-18-12-9-7-6-8-11-16-21-33(40)38-29-31-23-26-36-27-24-31/h13-15,19-20,23-24,26-27,32H,2-12,16-18,21-22,25,28-29H2,1H3,(H,37,42)(H,38,40)(H,39,41)/t32-/m0/s1. The second kappa shape index (κ2) is 23.4. The van der Waals surface area contributed by atoms with E-state index in [2.05, 4.69) is 27.9 Å².